The van der Waals surface area contributed by atoms with E-state index in [2.05, 4.69) is 229 Å². The van der Waals surface area contributed by atoms with Crippen LogP contribution in [0.1, 0.15) is 17.0 Å². The van der Waals surface area contributed by atoms with Crippen LogP contribution in [-0.4, -0.2) is 6.10 Å². The summed E-state index contributed by atoms with van der Waals surface area (Å²) in [6, 6.07) is 75.4. The molecule has 60 heavy (non-hydrogen) atoms. The van der Waals surface area contributed by atoms with Gasteiger partial charge < -0.3 is 9.64 Å². The SMILES string of the molecule is C1=CC2Oc3ccccc3C2C(c2ccc(N(c3ccc(-c4cc5ccccc5c5ccccc45)cc3)c3cccc(-c4cc5ccccc5c5ccccc45)c3)cc2)=C1. The highest BCUT2D eigenvalue weighted by atomic mass is 16.5. The number of ether oxygens (including phenoxy) is 1. The fourth-order valence-electron chi connectivity index (χ4n) is 9.82. The molecule has 2 aliphatic rings. The van der Waals surface area contributed by atoms with Crippen molar-refractivity contribution in [3.8, 4) is 28.0 Å². The number of para-hydroxylation sites is 1. The molecule has 2 atom stereocenters. The lowest BCUT2D eigenvalue weighted by molar-refractivity contribution is 0.271. The van der Waals surface area contributed by atoms with E-state index in [9.17, 15) is 0 Å². The van der Waals surface area contributed by atoms with Crippen LogP contribution in [-0.2, 0) is 0 Å². The zero-order valence-corrected chi connectivity index (χ0v) is 32.9. The summed E-state index contributed by atoms with van der Waals surface area (Å²) in [4.78, 5) is 2.39. The molecule has 0 radical (unpaired) electrons. The summed E-state index contributed by atoms with van der Waals surface area (Å²) in [5.74, 6) is 1.15. The van der Waals surface area contributed by atoms with Gasteiger partial charge in [-0.3, -0.25) is 0 Å². The molecular formula is C58H39NO. The van der Waals surface area contributed by atoms with Crippen molar-refractivity contribution in [1.82, 2.24) is 0 Å². The molecule has 0 spiro atoms. The van der Waals surface area contributed by atoms with Gasteiger partial charge in [0.25, 0.3) is 0 Å². The van der Waals surface area contributed by atoms with Crippen LogP contribution in [0, 0.1) is 0 Å². The molecule has 1 heterocycles. The van der Waals surface area contributed by atoms with Crippen LogP contribution in [0.3, 0.4) is 0 Å². The Hall–Kier alpha value is -7.68. The van der Waals surface area contributed by atoms with Crippen molar-refractivity contribution in [2.45, 2.75) is 12.0 Å². The molecule has 0 amide bonds. The Morgan fingerprint density at radius 3 is 1.57 bits per heavy atom. The molecule has 0 bridgehead atoms. The summed E-state index contributed by atoms with van der Waals surface area (Å²) in [7, 11) is 0. The van der Waals surface area contributed by atoms with E-state index in [4.69, 9.17) is 4.74 Å². The molecular weight excluding hydrogens is 727 g/mol. The predicted octanol–water partition coefficient (Wildman–Crippen LogP) is 15.6. The maximum absolute atomic E-state index is 6.39. The van der Waals surface area contributed by atoms with E-state index in [1.54, 1.807) is 0 Å². The van der Waals surface area contributed by atoms with Crippen LogP contribution >= 0.6 is 0 Å². The Morgan fingerprint density at radius 1 is 0.383 bits per heavy atom. The molecule has 1 aliphatic heterocycles. The minimum atomic E-state index is 0.00532. The lowest BCUT2D eigenvalue weighted by Crippen LogP contribution is -2.19. The zero-order valence-electron chi connectivity index (χ0n) is 32.9. The second kappa shape index (κ2) is 14.0. The Labute approximate surface area is 349 Å². The van der Waals surface area contributed by atoms with Crippen molar-refractivity contribution >= 4 is 65.7 Å². The molecule has 12 rings (SSSR count). The normalized spacial score (nSPS) is 15.5. The van der Waals surface area contributed by atoms with Crippen LogP contribution in [0.25, 0.3) is 70.9 Å². The third-order valence-electron chi connectivity index (χ3n) is 12.6. The lowest BCUT2D eigenvalue weighted by Gasteiger charge is -2.27. The monoisotopic (exact) mass is 765 g/mol. The van der Waals surface area contributed by atoms with E-state index >= 15 is 0 Å². The molecule has 282 valence electrons. The number of nitrogens with zero attached hydrogens (tertiary/aromatic N) is 1. The van der Waals surface area contributed by atoms with E-state index in [0.29, 0.717) is 0 Å². The molecule has 2 unspecified atom stereocenters. The van der Waals surface area contributed by atoms with Crippen molar-refractivity contribution in [3.05, 3.63) is 236 Å². The van der Waals surface area contributed by atoms with E-state index in [-0.39, 0.29) is 12.0 Å². The third kappa shape index (κ3) is 5.64. The van der Waals surface area contributed by atoms with E-state index in [0.717, 1.165) is 22.8 Å². The number of allylic oxidation sites excluding steroid dienone is 2. The van der Waals surface area contributed by atoms with Gasteiger partial charge in [0.05, 0.1) is 5.92 Å². The fraction of sp³-hybridized carbons (Fsp3) is 0.0345. The summed E-state index contributed by atoms with van der Waals surface area (Å²) >= 11 is 0. The first-order valence-electron chi connectivity index (χ1n) is 20.8. The van der Waals surface area contributed by atoms with Crippen LogP contribution in [0.4, 0.5) is 17.1 Å². The van der Waals surface area contributed by atoms with Gasteiger partial charge in [0.2, 0.25) is 0 Å². The second-order valence-corrected chi connectivity index (χ2v) is 16.0. The molecule has 10 aromatic carbocycles. The van der Waals surface area contributed by atoms with Gasteiger partial charge in [-0.15, -0.1) is 0 Å². The largest absolute Gasteiger partial charge is 0.485 e. The zero-order chi connectivity index (χ0) is 39.6. The highest BCUT2D eigenvalue weighted by Gasteiger charge is 2.37. The smallest absolute Gasteiger partial charge is 0.128 e. The number of rotatable bonds is 6. The number of fused-ring (bicyclic) bond motifs is 9. The Bertz CT molecular complexity index is 3360. The van der Waals surface area contributed by atoms with Crippen LogP contribution in [0.5, 0.6) is 5.75 Å². The molecule has 0 saturated carbocycles. The van der Waals surface area contributed by atoms with Crippen LogP contribution in [0.2, 0.25) is 0 Å². The molecule has 0 saturated heterocycles. The minimum absolute atomic E-state index is 0.00532. The van der Waals surface area contributed by atoms with Gasteiger partial charge >= 0.3 is 0 Å². The Balaban J connectivity index is 0.987. The minimum Gasteiger partial charge on any atom is -0.485 e. The van der Waals surface area contributed by atoms with Crippen LogP contribution < -0.4 is 9.64 Å². The van der Waals surface area contributed by atoms with Crippen molar-refractivity contribution in [2.24, 2.45) is 0 Å². The van der Waals surface area contributed by atoms with Gasteiger partial charge in [-0.2, -0.15) is 0 Å². The van der Waals surface area contributed by atoms with Crippen molar-refractivity contribution in [1.29, 1.82) is 0 Å². The van der Waals surface area contributed by atoms with Gasteiger partial charge in [0, 0.05) is 22.6 Å². The fourth-order valence-corrected chi connectivity index (χ4v) is 9.82. The highest BCUT2D eigenvalue weighted by molar-refractivity contribution is 6.15. The Kier molecular flexibility index (Phi) is 8.02. The molecule has 2 heteroatoms. The Morgan fingerprint density at radius 2 is 0.917 bits per heavy atom. The van der Waals surface area contributed by atoms with E-state index in [1.807, 2.05) is 0 Å². The third-order valence-corrected chi connectivity index (χ3v) is 12.6. The highest BCUT2D eigenvalue weighted by Crippen LogP contribution is 2.48. The van der Waals surface area contributed by atoms with Gasteiger partial charge in [-0.25, -0.2) is 0 Å². The summed E-state index contributed by atoms with van der Waals surface area (Å²) in [6.07, 6.45) is 6.59. The molecule has 0 aromatic heterocycles. The topological polar surface area (TPSA) is 12.5 Å². The predicted molar refractivity (Wildman–Crippen MR) is 253 cm³/mol. The summed E-state index contributed by atoms with van der Waals surface area (Å²) in [6.45, 7) is 0. The maximum Gasteiger partial charge on any atom is 0.128 e. The number of benzene rings is 10. The van der Waals surface area contributed by atoms with Crippen molar-refractivity contribution < 1.29 is 4.74 Å². The average Bonchev–Trinajstić information content (AvgIpc) is 3.71. The molecule has 0 N–H and O–H groups in total. The molecule has 2 nitrogen and oxygen atoms in total. The van der Waals surface area contributed by atoms with E-state index in [1.165, 1.54) is 82.0 Å². The summed E-state index contributed by atoms with van der Waals surface area (Å²) in [5.41, 5.74) is 11.9. The summed E-state index contributed by atoms with van der Waals surface area (Å²) in [5, 5.41) is 10.1. The molecule has 0 fully saturated rings. The number of anilines is 3. The first-order chi connectivity index (χ1) is 29.7. The maximum atomic E-state index is 6.39. The van der Waals surface area contributed by atoms with Gasteiger partial charge in [-0.05, 0) is 137 Å². The van der Waals surface area contributed by atoms with Crippen LogP contribution in [0.15, 0.2) is 224 Å². The first-order valence-corrected chi connectivity index (χ1v) is 20.8. The molecule has 10 aromatic rings. The molecule has 1 aliphatic carbocycles. The number of hydrogen-bond donors (Lipinski definition) is 0. The first kappa shape index (κ1) is 34.4. The van der Waals surface area contributed by atoms with Gasteiger partial charge in [0.15, 0.2) is 0 Å². The number of hydrogen-bond acceptors (Lipinski definition) is 2. The van der Waals surface area contributed by atoms with Crippen molar-refractivity contribution in [2.75, 3.05) is 4.90 Å². The van der Waals surface area contributed by atoms with Gasteiger partial charge in [0.1, 0.15) is 11.9 Å². The van der Waals surface area contributed by atoms with Crippen molar-refractivity contribution in [3.63, 3.8) is 0 Å². The quantitative estimate of drug-likeness (QED) is 0.156. The standard InChI is InChI=1S/C58H39NO/c1-3-17-46-41(13-1)36-54(51-21-7-5-19-49(46)51)39-29-33-44(34-30-39)59(43-31-27-38(28-32-43)48-24-12-26-57-58(48)53-23-9-10-25-56(53)60-57)45-16-11-15-40(35-45)55-37-42-14-2-4-18-47(42)50-20-6-8-22-52(50)55/h1-37,57-58H. The van der Waals surface area contributed by atoms with Gasteiger partial charge in [-0.1, -0.05) is 164 Å². The second-order valence-electron chi connectivity index (χ2n) is 16.0. The van der Waals surface area contributed by atoms with E-state index < -0.39 is 0 Å². The summed E-state index contributed by atoms with van der Waals surface area (Å²) < 4.78 is 6.39. The lowest BCUT2D eigenvalue weighted by atomic mass is 9.81. The average molecular weight is 766 g/mol.